The number of allylic oxidation sites excluding steroid dienone is 1. The van der Waals surface area contributed by atoms with E-state index in [1.807, 2.05) is 18.2 Å². The molecule has 0 unspecified atom stereocenters. The quantitative estimate of drug-likeness (QED) is 0.383. The number of halogens is 1. The number of rotatable bonds is 10. The Morgan fingerprint density at radius 1 is 1.12 bits per heavy atom. The van der Waals surface area contributed by atoms with Gasteiger partial charge < -0.3 is 9.47 Å². The number of unbranched alkanes of at least 4 members (excludes halogenated alkanes) is 5. The zero-order chi connectivity index (χ0) is 17.8. The predicted molar refractivity (Wildman–Crippen MR) is 98.8 cm³/mol. The van der Waals surface area contributed by atoms with Crippen molar-refractivity contribution in [1.82, 2.24) is 0 Å². The van der Waals surface area contributed by atoms with Crippen LogP contribution in [0, 0.1) is 22.7 Å². The highest BCUT2D eigenvalue weighted by atomic mass is 79.9. The van der Waals surface area contributed by atoms with Crippen molar-refractivity contribution in [2.75, 3.05) is 13.7 Å². The van der Waals surface area contributed by atoms with E-state index in [9.17, 15) is 0 Å². The van der Waals surface area contributed by atoms with Gasteiger partial charge in [0.05, 0.1) is 18.2 Å². The third-order valence-electron chi connectivity index (χ3n) is 3.55. The average molecular weight is 391 g/mol. The molecule has 0 aromatic heterocycles. The highest BCUT2D eigenvalue weighted by Crippen LogP contribution is 2.37. The second-order valence-electron chi connectivity index (χ2n) is 5.43. The largest absolute Gasteiger partial charge is 0.493 e. The fourth-order valence-electron chi connectivity index (χ4n) is 2.28. The van der Waals surface area contributed by atoms with E-state index >= 15 is 0 Å². The summed E-state index contributed by atoms with van der Waals surface area (Å²) in [6.45, 7) is 2.85. The van der Waals surface area contributed by atoms with Crippen LogP contribution < -0.4 is 9.47 Å². The predicted octanol–water partition coefficient (Wildman–Crippen LogP) is 5.63. The Morgan fingerprint density at radius 2 is 1.79 bits per heavy atom. The van der Waals surface area contributed by atoms with Gasteiger partial charge in [-0.3, -0.25) is 0 Å². The molecule has 5 heteroatoms. The van der Waals surface area contributed by atoms with Crippen molar-refractivity contribution < 1.29 is 9.47 Å². The van der Waals surface area contributed by atoms with Gasteiger partial charge >= 0.3 is 0 Å². The lowest BCUT2D eigenvalue weighted by atomic mass is 10.1. The lowest BCUT2D eigenvalue weighted by Gasteiger charge is -2.13. The first-order valence-corrected chi connectivity index (χ1v) is 8.97. The summed E-state index contributed by atoms with van der Waals surface area (Å²) in [6.07, 6.45) is 8.76. The zero-order valence-corrected chi connectivity index (χ0v) is 15.9. The molecule has 0 aliphatic carbocycles. The molecule has 0 aliphatic heterocycles. The summed E-state index contributed by atoms with van der Waals surface area (Å²) in [4.78, 5) is 0. The van der Waals surface area contributed by atoms with Crippen molar-refractivity contribution in [2.45, 2.75) is 45.4 Å². The SMILES string of the molecule is CCCCCCCCOc1c(Br)cc(C=C(C#N)C#N)cc1OC. The second-order valence-corrected chi connectivity index (χ2v) is 6.29. The van der Waals surface area contributed by atoms with E-state index in [0.717, 1.165) is 17.3 Å². The Kier molecular flexibility index (Phi) is 9.65. The summed E-state index contributed by atoms with van der Waals surface area (Å²) in [5.74, 6) is 1.23. The summed E-state index contributed by atoms with van der Waals surface area (Å²) in [7, 11) is 1.57. The van der Waals surface area contributed by atoms with Crippen LogP contribution in [0.1, 0.15) is 51.0 Å². The first kappa shape index (κ1) is 20.1. The van der Waals surface area contributed by atoms with Crippen molar-refractivity contribution in [3.05, 3.63) is 27.7 Å². The Bertz CT molecular complexity index is 626. The Morgan fingerprint density at radius 3 is 2.42 bits per heavy atom. The Hall–Kier alpha value is -1.98. The molecule has 0 heterocycles. The maximum Gasteiger partial charge on any atom is 0.175 e. The Balaban J connectivity index is 2.70. The molecule has 0 amide bonds. The van der Waals surface area contributed by atoms with Gasteiger partial charge in [-0.15, -0.1) is 0 Å². The number of hydrogen-bond acceptors (Lipinski definition) is 4. The number of benzene rings is 1. The van der Waals surface area contributed by atoms with Crippen LogP contribution in [-0.4, -0.2) is 13.7 Å². The van der Waals surface area contributed by atoms with Crippen LogP contribution in [-0.2, 0) is 0 Å². The molecule has 0 radical (unpaired) electrons. The van der Waals surface area contributed by atoms with E-state index < -0.39 is 0 Å². The molecule has 1 rings (SSSR count). The van der Waals surface area contributed by atoms with E-state index in [0.29, 0.717) is 23.7 Å². The molecule has 0 spiro atoms. The summed E-state index contributed by atoms with van der Waals surface area (Å²) >= 11 is 3.48. The minimum Gasteiger partial charge on any atom is -0.493 e. The highest BCUT2D eigenvalue weighted by molar-refractivity contribution is 9.10. The molecular formula is C19H23BrN2O2. The molecule has 0 N–H and O–H groups in total. The van der Waals surface area contributed by atoms with Crippen LogP contribution in [0.2, 0.25) is 0 Å². The molecular weight excluding hydrogens is 368 g/mol. The Labute approximate surface area is 152 Å². The molecule has 1 aromatic carbocycles. The van der Waals surface area contributed by atoms with E-state index in [1.54, 1.807) is 13.2 Å². The summed E-state index contributed by atoms with van der Waals surface area (Å²) in [5.41, 5.74) is 0.758. The molecule has 0 saturated carbocycles. The molecule has 1 aromatic rings. The van der Waals surface area contributed by atoms with Gasteiger partial charge in [0.2, 0.25) is 0 Å². The third kappa shape index (κ3) is 6.64. The van der Waals surface area contributed by atoms with Crippen molar-refractivity contribution in [2.24, 2.45) is 0 Å². The van der Waals surface area contributed by atoms with Gasteiger partial charge in [0.25, 0.3) is 0 Å². The zero-order valence-electron chi connectivity index (χ0n) is 14.3. The minimum atomic E-state index is 0.0460. The molecule has 0 atom stereocenters. The van der Waals surface area contributed by atoms with Gasteiger partial charge in [-0.25, -0.2) is 0 Å². The fraction of sp³-hybridized carbons (Fsp3) is 0.474. The monoisotopic (exact) mass is 390 g/mol. The van der Waals surface area contributed by atoms with E-state index in [4.69, 9.17) is 20.0 Å². The van der Waals surface area contributed by atoms with Gasteiger partial charge in [0.1, 0.15) is 17.7 Å². The number of methoxy groups -OCH3 is 1. The average Bonchev–Trinajstić information content (AvgIpc) is 2.59. The first-order valence-electron chi connectivity index (χ1n) is 8.18. The lowest BCUT2D eigenvalue weighted by molar-refractivity contribution is 0.283. The number of nitriles is 2. The van der Waals surface area contributed by atoms with E-state index in [2.05, 4.69) is 22.9 Å². The van der Waals surface area contributed by atoms with Gasteiger partial charge in [0, 0.05) is 0 Å². The lowest BCUT2D eigenvalue weighted by Crippen LogP contribution is -2.00. The first-order chi connectivity index (χ1) is 11.7. The molecule has 4 nitrogen and oxygen atoms in total. The summed E-state index contributed by atoms with van der Waals surface area (Å²) in [6, 6.07) is 7.27. The second kappa shape index (κ2) is 11.5. The van der Waals surface area contributed by atoms with Crippen LogP contribution >= 0.6 is 15.9 Å². The highest BCUT2D eigenvalue weighted by Gasteiger charge is 2.11. The fourth-order valence-corrected chi connectivity index (χ4v) is 2.85. The summed E-state index contributed by atoms with van der Waals surface area (Å²) in [5, 5.41) is 17.7. The maximum atomic E-state index is 8.85. The standard InChI is InChI=1S/C19H23BrN2O2/c1-3-4-5-6-7-8-9-24-19-17(20)11-15(12-18(19)23-2)10-16(13-21)14-22/h10-12H,3-9H2,1-2H3. The van der Waals surface area contributed by atoms with Crippen LogP contribution in [0.3, 0.4) is 0 Å². The van der Waals surface area contributed by atoms with Crippen molar-refractivity contribution in [3.63, 3.8) is 0 Å². The van der Waals surface area contributed by atoms with Crippen LogP contribution in [0.4, 0.5) is 0 Å². The van der Waals surface area contributed by atoms with Gasteiger partial charge in [-0.1, -0.05) is 39.0 Å². The topological polar surface area (TPSA) is 66.0 Å². The van der Waals surface area contributed by atoms with Crippen LogP contribution in [0.25, 0.3) is 6.08 Å². The van der Waals surface area contributed by atoms with Crippen molar-refractivity contribution >= 4 is 22.0 Å². The van der Waals surface area contributed by atoms with Gasteiger partial charge in [-0.2, -0.15) is 10.5 Å². The summed E-state index contributed by atoms with van der Waals surface area (Å²) < 4.78 is 12.0. The molecule has 0 aliphatic rings. The van der Waals surface area contributed by atoms with Gasteiger partial charge in [-0.05, 0) is 46.1 Å². The van der Waals surface area contributed by atoms with Crippen LogP contribution in [0.15, 0.2) is 22.2 Å². The van der Waals surface area contributed by atoms with Crippen LogP contribution in [0.5, 0.6) is 11.5 Å². The van der Waals surface area contributed by atoms with Crippen molar-refractivity contribution in [1.29, 1.82) is 10.5 Å². The third-order valence-corrected chi connectivity index (χ3v) is 4.14. The molecule has 128 valence electrons. The smallest absolute Gasteiger partial charge is 0.175 e. The minimum absolute atomic E-state index is 0.0460. The molecule has 24 heavy (non-hydrogen) atoms. The van der Waals surface area contributed by atoms with Crippen molar-refractivity contribution in [3.8, 4) is 23.6 Å². The van der Waals surface area contributed by atoms with E-state index in [-0.39, 0.29) is 5.57 Å². The van der Waals surface area contributed by atoms with Gasteiger partial charge in [0.15, 0.2) is 11.5 Å². The molecule has 0 saturated heterocycles. The molecule has 0 fully saturated rings. The number of ether oxygens (including phenoxy) is 2. The number of nitrogens with zero attached hydrogens (tertiary/aromatic N) is 2. The number of hydrogen-bond donors (Lipinski definition) is 0. The maximum absolute atomic E-state index is 8.85. The molecule has 0 bridgehead atoms. The normalized spacial score (nSPS) is 9.71. The van der Waals surface area contributed by atoms with E-state index in [1.165, 1.54) is 31.8 Å².